The van der Waals surface area contributed by atoms with Crippen molar-refractivity contribution in [3.63, 3.8) is 0 Å². The van der Waals surface area contributed by atoms with Crippen LogP contribution in [0.3, 0.4) is 0 Å². The average Bonchev–Trinajstić information content (AvgIpc) is 2.74. The van der Waals surface area contributed by atoms with Crippen LogP contribution in [0.4, 0.5) is 4.79 Å². The number of urea groups is 1. The number of carbonyl (C=O) groups excluding carboxylic acids is 1. The lowest BCUT2D eigenvalue weighted by molar-refractivity contribution is -0.0543. The summed E-state index contributed by atoms with van der Waals surface area (Å²) in [6.45, 7) is 7.58. The van der Waals surface area contributed by atoms with E-state index < -0.39 is 0 Å². The molecule has 6 heteroatoms. The molecule has 0 aromatic carbocycles. The van der Waals surface area contributed by atoms with Gasteiger partial charge in [-0.25, -0.2) is 4.79 Å². The zero-order valence-corrected chi connectivity index (χ0v) is 10.4. The van der Waals surface area contributed by atoms with E-state index in [-0.39, 0.29) is 12.1 Å². The van der Waals surface area contributed by atoms with Gasteiger partial charge in [-0.15, -0.1) is 0 Å². The van der Waals surface area contributed by atoms with Crippen molar-refractivity contribution in [1.29, 1.82) is 0 Å². The summed E-state index contributed by atoms with van der Waals surface area (Å²) in [6, 6.07) is 0.463. The van der Waals surface area contributed by atoms with Gasteiger partial charge in [0.15, 0.2) is 0 Å². The van der Waals surface area contributed by atoms with E-state index in [4.69, 9.17) is 10.5 Å². The Morgan fingerprint density at radius 2 is 2.35 bits per heavy atom. The van der Waals surface area contributed by atoms with Crippen LogP contribution in [0.2, 0.25) is 0 Å². The fraction of sp³-hybridized carbons (Fsp3) is 0.909. The highest BCUT2D eigenvalue weighted by Gasteiger charge is 2.26. The predicted octanol–water partition coefficient (Wildman–Crippen LogP) is -0.940. The first kappa shape index (κ1) is 12.6. The Hall–Kier alpha value is -0.850. The number of hydrogen-bond acceptors (Lipinski definition) is 4. The van der Waals surface area contributed by atoms with Crippen LogP contribution in [0, 0.1) is 0 Å². The van der Waals surface area contributed by atoms with Crippen LogP contribution < -0.4 is 11.1 Å². The van der Waals surface area contributed by atoms with E-state index in [9.17, 15) is 4.79 Å². The van der Waals surface area contributed by atoms with Crippen molar-refractivity contribution in [2.45, 2.75) is 19.1 Å². The van der Waals surface area contributed by atoms with Gasteiger partial charge in [-0.2, -0.15) is 0 Å². The first-order chi connectivity index (χ1) is 8.20. The lowest BCUT2D eigenvalue weighted by Gasteiger charge is -2.38. The van der Waals surface area contributed by atoms with Crippen molar-refractivity contribution >= 4 is 6.03 Å². The Morgan fingerprint density at radius 3 is 3.00 bits per heavy atom. The van der Waals surface area contributed by atoms with Crippen molar-refractivity contribution in [3.8, 4) is 0 Å². The smallest absolute Gasteiger partial charge is 0.317 e. The highest BCUT2D eigenvalue weighted by atomic mass is 16.5. The molecule has 0 spiro atoms. The zero-order valence-electron chi connectivity index (χ0n) is 10.4. The van der Waals surface area contributed by atoms with Crippen molar-refractivity contribution in [2.75, 3.05) is 45.9 Å². The van der Waals surface area contributed by atoms with Gasteiger partial charge in [-0.05, 0) is 6.92 Å². The minimum atomic E-state index is 0.0567. The third-order valence-electron chi connectivity index (χ3n) is 3.50. The minimum Gasteiger partial charge on any atom is -0.374 e. The summed E-state index contributed by atoms with van der Waals surface area (Å²) in [4.78, 5) is 15.6. The molecule has 2 fully saturated rings. The van der Waals surface area contributed by atoms with E-state index in [0.29, 0.717) is 12.6 Å². The number of hydrogen-bond donors (Lipinski definition) is 2. The average molecular weight is 242 g/mol. The second kappa shape index (κ2) is 5.66. The first-order valence-electron chi connectivity index (χ1n) is 6.29. The number of nitrogens with zero attached hydrogens (tertiary/aromatic N) is 2. The lowest BCUT2D eigenvalue weighted by Crippen LogP contribution is -2.52. The summed E-state index contributed by atoms with van der Waals surface area (Å²) in [7, 11) is 0. The molecule has 0 bridgehead atoms. The van der Waals surface area contributed by atoms with Gasteiger partial charge >= 0.3 is 6.03 Å². The van der Waals surface area contributed by atoms with E-state index in [2.05, 4.69) is 17.1 Å². The van der Waals surface area contributed by atoms with Crippen molar-refractivity contribution < 1.29 is 9.53 Å². The number of ether oxygens (including phenoxy) is 1. The van der Waals surface area contributed by atoms with Gasteiger partial charge in [0.25, 0.3) is 0 Å². The Bertz CT molecular complexity index is 274. The van der Waals surface area contributed by atoms with Crippen LogP contribution in [0.1, 0.15) is 6.92 Å². The van der Waals surface area contributed by atoms with Gasteiger partial charge in [0.05, 0.1) is 12.7 Å². The maximum atomic E-state index is 11.4. The lowest BCUT2D eigenvalue weighted by atomic mass is 10.2. The summed E-state index contributed by atoms with van der Waals surface area (Å²) in [5.74, 6) is 0. The zero-order chi connectivity index (χ0) is 12.3. The summed E-state index contributed by atoms with van der Waals surface area (Å²) in [6.07, 6.45) is 0.138. The Balaban J connectivity index is 1.78. The molecule has 0 aromatic heterocycles. The fourth-order valence-electron chi connectivity index (χ4n) is 2.30. The monoisotopic (exact) mass is 242 g/mol. The summed E-state index contributed by atoms with van der Waals surface area (Å²) in [5.41, 5.74) is 5.63. The molecule has 3 N–H and O–H groups in total. The molecule has 98 valence electrons. The molecule has 17 heavy (non-hydrogen) atoms. The van der Waals surface area contributed by atoms with Crippen molar-refractivity contribution in [3.05, 3.63) is 0 Å². The van der Waals surface area contributed by atoms with Crippen LogP contribution in [0.15, 0.2) is 0 Å². The molecular formula is C11H22N4O2. The third kappa shape index (κ3) is 3.08. The van der Waals surface area contributed by atoms with Gasteiger partial charge in [-0.3, -0.25) is 4.90 Å². The molecule has 0 radical (unpaired) electrons. The maximum Gasteiger partial charge on any atom is 0.317 e. The SMILES string of the molecule is CC1COC(CN)CN1CCN1CCNC1=O. The Kier molecular flexibility index (Phi) is 4.20. The van der Waals surface area contributed by atoms with Crippen LogP contribution in [-0.4, -0.2) is 73.9 Å². The topological polar surface area (TPSA) is 70.8 Å². The standard InChI is InChI=1S/C11H22N4O2/c1-9-8-17-10(6-12)7-15(9)5-4-14-3-2-13-11(14)16/h9-10H,2-8,12H2,1H3,(H,13,16). The number of carbonyl (C=O) groups is 1. The van der Waals surface area contributed by atoms with Gasteiger partial charge in [0.1, 0.15) is 0 Å². The summed E-state index contributed by atoms with van der Waals surface area (Å²) < 4.78 is 5.60. The van der Waals surface area contributed by atoms with Crippen molar-refractivity contribution in [2.24, 2.45) is 5.73 Å². The maximum absolute atomic E-state index is 11.4. The van der Waals surface area contributed by atoms with Crippen LogP contribution >= 0.6 is 0 Å². The minimum absolute atomic E-state index is 0.0567. The number of amides is 2. The second-order valence-electron chi connectivity index (χ2n) is 4.75. The molecule has 2 rings (SSSR count). The summed E-state index contributed by atoms with van der Waals surface area (Å²) in [5, 5.41) is 2.81. The molecule has 2 heterocycles. The number of nitrogens with two attached hydrogens (primary N) is 1. The van der Waals surface area contributed by atoms with Gasteiger partial charge < -0.3 is 20.7 Å². The van der Waals surface area contributed by atoms with Crippen LogP contribution in [0.25, 0.3) is 0 Å². The molecule has 6 nitrogen and oxygen atoms in total. The van der Waals surface area contributed by atoms with Crippen LogP contribution in [0.5, 0.6) is 0 Å². The molecule has 2 unspecified atom stereocenters. The molecule has 2 saturated heterocycles. The normalized spacial score (nSPS) is 30.7. The van der Waals surface area contributed by atoms with E-state index in [0.717, 1.165) is 39.3 Å². The van der Waals surface area contributed by atoms with Crippen molar-refractivity contribution in [1.82, 2.24) is 15.1 Å². The number of rotatable bonds is 4. The summed E-state index contributed by atoms with van der Waals surface area (Å²) >= 11 is 0. The third-order valence-corrected chi connectivity index (χ3v) is 3.50. The highest BCUT2D eigenvalue weighted by Crippen LogP contribution is 2.11. The quantitative estimate of drug-likeness (QED) is 0.667. The molecule has 2 atom stereocenters. The van der Waals surface area contributed by atoms with E-state index in [1.807, 2.05) is 4.90 Å². The molecule has 2 amide bonds. The number of nitrogens with one attached hydrogen (secondary N) is 1. The largest absolute Gasteiger partial charge is 0.374 e. The fourth-order valence-corrected chi connectivity index (χ4v) is 2.30. The molecule has 0 aliphatic carbocycles. The van der Waals surface area contributed by atoms with Gasteiger partial charge in [0, 0.05) is 45.3 Å². The first-order valence-corrected chi connectivity index (χ1v) is 6.29. The van der Waals surface area contributed by atoms with Gasteiger partial charge in [-0.1, -0.05) is 0 Å². The Labute approximate surface area is 102 Å². The highest BCUT2D eigenvalue weighted by molar-refractivity contribution is 5.76. The van der Waals surface area contributed by atoms with E-state index >= 15 is 0 Å². The van der Waals surface area contributed by atoms with E-state index in [1.54, 1.807) is 0 Å². The molecule has 2 aliphatic heterocycles. The molecule has 2 aliphatic rings. The predicted molar refractivity (Wildman–Crippen MR) is 64.8 cm³/mol. The molecule has 0 aromatic rings. The second-order valence-corrected chi connectivity index (χ2v) is 4.75. The van der Waals surface area contributed by atoms with Crippen LogP contribution in [-0.2, 0) is 4.74 Å². The van der Waals surface area contributed by atoms with E-state index in [1.165, 1.54) is 0 Å². The van der Waals surface area contributed by atoms with Gasteiger partial charge in [0.2, 0.25) is 0 Å². The number of morpholine rings is 1. The molecule has 0 saturated carbocycles. The molecular weight excluding hydrogens is 220 g/mol. The Morgan fingerprint density at radius 1 is 1.53 bits per heavy atom.